The third-order valence-electron chi connectivity index (χ3n) is 2.34. The Bertz CT molecular complexity index is 366. The number of carbonyl (C=O) groups excluding carboxylic acids is 1. The predicted molar refractivity (Wildman–Crippen MR) is 70.6 cm³/mol. The van der Waals surface area contributed by atoms with Gasteiger partial charge in [-0.15, -0.1) is 0 Å². The number of carbonyl (C=O) groups is 1. The Balaban J connectivity index is 2.18. The van der Waals surface area contributed by atoms with Crippen molar-refractivity contribution >= 4 is 5.97 Å². The number of rotatable bonds is 8. The third-order valence-corrected chi connectivity index (χ3v) is 2.34. The lowest BCUT2D eigenvalue weighted by Gasteiger charge is -2.07. The van der Waals surface area contributed by atoms with Crippen molar-refractivity contribution in [1.29, 1.82) is 0 Å². The van der Waals surface area contributed by atoms with Crippen LogP contribution >= 0.6 is 0 Å². The molecule has 18 heavy (non-hydrogen) atoms. The summed E-state index contributed by atoms with van der Waals surface area (Å²) >= 11 is 0. The highest BCUT2D eigenvalue weighted by Gasteiger charge is 1.97. The zero-order valence-corrected chi connectivity index (χ0v) is 11.1. The van der Waals surface area contributed by atoms with E-state index in [1.807, 2.05) is 25.1 Å². The van der Waals surface area contributed by atoms with Gasteiger partial charge < -0.3 is 14.8 Å². The number of hydrogen-bond acceptors (Lipinski definition) is 4. The molecule has 1 rings (SSSR count). The van der Waals surface area contributed by atoms with Gasteiger partial charge in [0.15, 0.2) is 0 Å². The van der Waals surface area contributed by atoms with Crippen LogP contribution in [0, 0.1) is 0 Å². The largest absolute Gasteiger partial charge is 0.494 e. The molecule has 0 saturated heterocycles. The maximum Gasteiger partial charge on any atom is 0.302 e. The van der Waals surface area contributed by atoms with Crippen molar-refractivity contribution in [2.75, 3.05) is 19.8 Å². The molecule has 0 radical (unpaired) electrons. The fourth-order valence-corrected chi connectivity index (χ4v) is 1.56. The van der Waals surface area contributed by atoms with Gasteiger partial charge in [0.1, 0.15) is 5.75 Å². The van der Waals surface area contributed by atoms with E-state index in [0.29, 0.717) is 13.2 Å². The number of esters is 1. The second kappa shape index (κ2) is 8.53. The van der Waals surface area contributed by atoms with E-state index in [1.54, 1.807) is 0 Å². The summed E-state index contributed by atoms with van der Waals surface area (Å²) in [7, 11) is 0. The van der Waals surface area contributed by atoms with E-state index in [2.05, 4.69) is 11.4 Å². The summed E-state index contributed by atoms with van der Waals surface area (Å²) in [6.45, 7) is 6.17. The van der Waals surface area contributed by atoms with Crippen LogP contribution in [0.1, 0.15) is 25.8 Å². The summed E-state index contributed by atoms with van der Waals surface area (Å²) in [4.78, 5) is 10.5. The van der Waals surface area contributed by atoms with Gasteiger partial charge in [-0.2, -0.15) is 0 Å². The second-order valence-electron chi connectivity index (χ2n) is 3.95. The molecule has 0 heterocycles. The molecule has 1 aromatic rings. The highest BCUT2D eigenvalue weighted by molar-refractivity contribution is 5.65. The molecule has 0 aliphatic heterocycles. The molecule has 0 aliphatic rings. The Hall–Kier alpha value is -1.55. The highest BCUT2D eigenvalue weighted by Crippen LogP contribution is 2.12. The summed E-state index contributed by atoms with van der Waals surface area (Å²) in [5, 5.41) is 3.30. The van der Waals surface area contributed by atoms with E-state index in [-0.39, 0.29) is 5.97 Å². The number of ether oxygens (including phenoxy) is 2. The fraction of sp³-hybridized carbons (Fsp3) is 0.500. The van der Waals surface area contributed by atoms with Crippen LogP contribution in [0.2, 0.25) is 0 Å². The first-order chi connectivity index (χ1) is 8.72. The third kappa shape index (κ3) is 6.25. The molecule has 100 valence electrons. The van der Waals surface area contributed by atoms with Crippen LogP contribution in [0.25, 0.3) is 0 Å². The number of hydrogen-bond donors (Lipinski definition) is 1. The van der Waals surface area contributed by atoms with Gasteiger partial charge in [-0.05, 0) is 37.6 Å². The van der Waals surface area contributed by atoms with Gasteiger partial charge in [-0.3, -0.25) is 4.79 Å². The average molecular weight is 251 g/mol. The molecule has 1 aromatic carbocycles. The number of benzene rings is 1. The first kappa shape index (κ1) is 14.5. The van der Waals surface area contributed by atoms with Gasteiger partial charge in [0.25, 0.3) is 0 Å². The maximum absolute atomic E-state index is 10.5. The van der Waals surface area contributed by atoms with Gasteiger partial charge in [0.05, 0.1) is 13.2 Å². The molecule has 4 heteroatoms. The monoisotopic (exact) mass is 251 g/mol. The Morgan fingerprint density at radius 1 is 1.39 bits per heavy atom. The minimum absolute atomic E-state index is 0.223. The zero-order valence-electron chi connectivity index (χ0n) is 11.1. The lowest BCUT2D eigenvalue weighted by molar-refractivity contribution is -0.141. The van der Waals surface area contributed by atoms with Crippen LogP contribution in [-0.4, -0.2) is 25.7 Å². The molecular weight excluding hydrogens is 230 g/mol. The van der Waals surface area contributed by atoms with Gasteiger partial charge >= 0.3 is 5.97 Å². The van der Waals surface area contributed by atoms with Crippen molar-refractivity contribution < 1.29 is 14.3 Å². The van der Waals surface area contributed by atoms with Gasteiger partial charge in [-0.1, -0.05) is 12.1 Å². The second-order valence-corrected chi connectivity index (χ2v) is 3.95. The number of nitrogens with one attached hydrogen (secondary N) is 1. The van der Waals surface area contributed by atoms with E-state index in [4.69, 9.17) is 9.47 Å². The molecule has 1 N–H and O–H groups in total. The highest BCUT2D eigenvalue weighted by atomic mass is 16.5. The van der Waals surface area contributed by atoms with E-state index in [1.165, 1.54) is 12.5 Å². The molecule has 0 bridgehead atoms. The summed E-state index contributed by atoms with van der Waals surface area (Å²) in [5.74, 6) is 0.677. The minimum atomic E-state index is -0.223. The first-order valence-corrected chi connectivity index (χ1v) is 6.28. The summed E-state index contributed by atoms with van der Waals surface area (Å²) in [6, 6.07) is 8.03. The Kier molecular flexibility index (Phi) is 6.87. The standard InChI is InChI=1S/C14H21NO3/c1-3-17-14-7-4-6-13(10-14)11-15-8-5-9-18-12(2)16/h4,6-7,10,15H,3,5,8-9,11H2,1-2H3. The van der Waals surface area contributed by atoms with Crippen molar-refractivity contribution in [2.24, 2.45) is 0 Å². The van der Waals surface area contributed by atoms with Crippen molar-refractivity contribution in [1.82, 2.24) is 5.32 Å². The topological polar surface area (TPSA) is 47.6 Å². The molecule has 0 unspecified atom stereocenters. The van der Waals surface area contributed by atoms with Gasteiger partial charge in [0.2, 0.25) is 0 Å². The summed E-state index contributed by atoms with van der Waals surface area (Å²) in [5.41, 5.74) is 1.19. The zero-order chi connectivity index (χ0) is 13.2. The molecule has 0 fully saturated rings. The van der Waals surface area contributed by atoms with Crippen molar-refractivity contribution in [3.63, 3.8) is 0 Å². The molecule has 4 nitrogen and oxygen atoms in total. The predicted octanol–water partition coefficient (Wildman–Crippen LogP) is 2.13. The molecule has 0 aromatic heterocycles. The SMILES string of the molecule is CCOc1cccc(CNCCCOC(C)=O)c1. The van der Waals surface area contributed by atoms with Crippen molar-refractivity contribution in [2.45, 2.75) is 26.8 Å². The van der Waals surface area contributed by atoms with Crippen LogP contribution in [0.5, 0.6) is 5.75 Å². The van der Waals surface area contributed by atoms with Crippen LogP contribution in [0.15, 0.2) is 24.3 Å². The van der Waals surface area contributed by atoms with Gasteiger partial charge in [-0.25, -0.2) is 0 Å². The average Bonchev–Trinajstić information content (AvgIpc) is 2.34. The molecule has 0 aliphatic carbocycles. The molecular formula is C14H21NO3. The Morgan fingerprint density at radius 2 is 2.22 bits per heavy atom. The smallest absolute Gasteiger partial charge is 0.302 e. The van der Waals surface area contributed by atoms with E-state index in [0.717, 1.165) is 25.3 Å². The molecule has 0 spiro atoms. The van der Waals surface area contributed by atoms with Crippen molar-refractivity contribution in [3.8, 4) is 5.75 Å². The van der Waals surface area contributed by atoms with E-state index < -0.39 is 0 Å². The first-order valence-electron chi connectivity index (χ1n) is 6.28. The Labute approximate surface area is 108 Å². The fourth-order valence-electron chi connectivity index (χ4n) is 1.56. The molecule has 0 saturated carbocycles. The van der Waals surface area contributed by atoms with Crippen molar-refractivity contribution in [3.05, 3.63) is 29.8 Å². The summed E-state index contributed by atoms with van der Waals surface area (Å²) in [6.07, 6.45) is 0.824. The van der Waals surface area contributed by atoms with Crippen LogP contribution in [0.4, 0.5) is 0 Å². The maximum atomic E-state index is 10.5. The lowest BCUT2D eigenvalue weighted by atomic mass is 10.2. The summed E-state index contributed by atoms with van der Waals surface area (Å²) < 4.78 is 10.3. The minimum Gasteiger partial charge on any atom is -0.494 e. The quantitative estimate of drug-likeness (QED) is 0.568. The normalized spacial score (nSPS) is 10.1. The van der Waals surface area contributed by atoms with E-state index >= 15 is 0 Å². The molecule has 0 atom stereocenters. The Morgan fingerprint density at radius 3 is 2.94 bits per heavy atom. The van der Waals surface area contributed by atoms with E-state index in [9.17, 15) is 4.79 Å². The van der Waals surface area contributed by atoms with Crippen LogP contribution in [-0.2, 0) is 16.1 Å². The lowest BCUT2D eigenvalue weighted by Crippen LogP contribution is -2.17. The molecule has 0 amide bonds. The van der Waals surface area contributed by atoms with Gasteiger partial charge in [0, 0.05) is 13.5 Å². The van der Waals surface area contributed by atoms with Crippen LogP contribution in [0.3, 0.4) is 0 Å². The van der Waals surface area contributed by atoms with Crippen LogP contribution < -0.4 is 10.1 Å².